The molecule has 29 heavy (non-hydrogen) atoms. The van der Waals surface area contributed by atoms with Crippen molar-refractivity contribution in [3.63, 3.8) is 0 Å². The van der Waals surface area contributed by atoms with Crippen molar-refractivity contribution in [1.29, 1.82) is 0 Å². The Hall–Kier alpha value is -2.62. The maximum atomic E-state index is 13.4. The van der Waals surface area contributed by atoms with Crippen molar-refractivity contribution in [2.45, 2.75) is 39.2 Å². The molecule has 2 amide bonds. The SMILES string of the molecule is CC(C)C1c2ccccc2CCN1C(=O)C1CCN(C(=O)c2ccccc2)CC1. The molecule has 2 aliphatic rings. The largest absolute Gasteiger partial charge is 0.339 e. The predicted octanol–water partition coefficient (Wildman–Crippen LogP) is 4.32. The van der Waals surface area contributed by atoms with Crippen LogP contribution >= 0.6 is 0 Å². The number of nitrogens with zero attached hydrogens (tertiary/aromatic N) is 2. The van der Waals surface area contributed by atoms with Gasteiger partial charge in [0.1, 0.15) is 0 Å². The Kier molecular flexibility index (Phi) is 5.70. The average molecular weight is 391 g/mol. The predicted molar refractivity (Wildman–Crippen MR) is 115 cm³/mol. The van der Waals surface area contributed by atoms with Gasteiger partial charge in [0.05, 0.1) is 6.04 Å². The molecular weight excluding hydrogens is 360 g/mol. The number of likely N-dealkylation sites (tertiary alicyclic amines) is 1. The molecule has 1 fully saturated rings. The van der Waals surface area contributed by atoms with Crippen molar-refractivity contribution in [3.05, 3.63) is 71.3 Å². The van der Waals surface area contributed by atoms with E-state index < -0.39 is 0 Å². The molecule has 2 aliphatic heterocycles. The second-order valence-electron chi connectivity index (χ2n) is 8.60. The monoisotopic (exact) mass is 390 g/mol. The van der Waals surface area contributed by atoms with Crippen molar-refractivity contribution in [2.24, 2.45) is 11.8 Å². The fraction of sp³-hybridized carbons (Fsp3) is 0.440. The van der Waals surface area contributed by atoms with Crippen molar-refractivity contribution >= 4 is 11.8 Å². The molecule has 4 heteroatoms. The fourth-order valence-corrected chi connectivity index (χ4v) is 4.89. The van der Waals surface area contributed by atoms with Crippen LogP contribution in [0, 0.1) is 11.8 Å². The van der Waals surface area contributed by atoms with Gasteiger partial charge in [0, 0.05) is 31.1 Å². The summed E-state index contributed by atoms with van der Waals surface area (Å²) in [7, 11) is 0. The van der Waals surface area contributed by atoms with Crippen LogP contribution in [0.2, 0.25) is 0 Å². The number of amides is 2. The zero-order valence-electron chi connectivity index (χ0n) is 17.4. The molecule has 152 valence electrons. The van der Waals surface area contributed by atoms with E-state index in [1.807, 2.05) is 35.2 Å². The summed E-state index contributed by atoms with van der Waals surface area (Å²) in [6, 6.07) is 18.1. The van der Waals surface area contributed by atoms with Gasteiger partial charge < -0.3 is 9.80 Å². The van der Waals surface area contributed by atoms with Gasteiger partial charge in [-0.2, -0.15) is 0 Å². The Morgan fingerprint density at radius 3 is 2.24 bits per heavy atom. The summed E-state index contributed by atoms with van der Waals surface area (Å²) in [5.41, 5.74) is 3.40. The lowest BCUT2D eigenvalue weighted by molar-refractivity contribution is -0.141. The van der Waals surface area contributed by atoms with E-state index in [-0.39, 0.29) is 23.8 Å². The van der Waals surface area contributed by atoms with Crippen LogP contribution in [0.4, 0.5) is 0 Å². The third-order valence-corrected chi connectivity index (χ3v) is 6.40. The van der Waals surface area contributed by atoms with Crippen LogP contribution in [-0.2, 0) is 11.2 Å². The van der Waals surface area contributed by atoms with Crippen molar-refractivity contribution < 1.29 is 9.59 Å². The third kappa shape index (κ3) is 3.93. The summed E-state index contributed by atoms with van der Waals surface area (Å²) < 4.78 is 0. The number of benzene rings is 2. The van der Waals surface area contributed by atoms with Crippen LogP contribution in [0.15, 0.2) is 54.6 Å². The molecule has 0 aromatic heterocycles. The number of rotatable bonds is 3. The van der Waals surface area contributed by atoms with Gasteiger partial charge in [0.15, 0.2) is 0 Å². The van der Waals surface area contributed by atoms with Crippen LogP contribution in [0.5, 0.6) is 0 Å². The van der Waals surface area contributed by atoms with E-state index >= 15 is 0 Å². The lowest BCUT2D eigenvalue weighted by Gasteiger charge is -2.42. The van der Waals surface area contributed by atoms with Gasteiger partial charge >= 0.3 is 0 Å². The van der Waals surface area contributed by atoms with E-state index in [4.69, 9.17) is 0 Å². The normalized spacial score (nSPS) is 19.9. The Morgan fingerprint density at radius 1 is 0.897 bits per heavy atom. The second-order valence-corrected chi connectivity index (χ2v) is 8.60. The maximum absolute atomic E-state index is 13.4. The third-order valence-electron chi connectivity index (χ3n) is 6.40. The van der Waals surface area contributed by atoms with Crippen LogP contribution in [-0.4, -0.2) is 41.2 Å². The van der Waals surface area contributed by atoms with Crippen molar-refractivity contribution in [2.75, 3.05) is 19.6 Å². The van der Waals surface area contributed by atoms with E-state index in [1.54, 1.807) is 0 Å². The van der Waals surface area contributed by atoms with E-state index in [0.717, 1.165) is 31.4 Å². The summed E-state index contributed by atoms with van der Waals surface area (Å²) >= 11 is 0. The van der Waals surface area contributed by atoms with E-state index in [0.29, 0.717) is 19.0 Å². The second kappa shape index (κ2) is 8.40. The van der Waals surface area contributed by atoms with Crippen LogP contribution in [0.3, 0.4) is 0 Å². The van der Waals surface area contributed by atoms with E-state index in [1.165, 1.54) is 11.1 Å². The van der Waals surface area contributed by atoms with Gasteiger partial charge in [0.25, 0.3) is 5.91 Å². The quantitative estimate of drug-likeness (QED) is 0.783. The number of carbonyl (C=O) groups is 2. The first-order valence-corrected chi connectivity index (χ1v) is 10.8. The molecule has 2 heterocycles. The summed E-state index contributed by atoms with van der Waals surface area (Å²) in [5, 5.41) is 0. The van der Waals surface area contributed by atoms with Gasteiger partial charge in [-0.1, -0.05) is 56.3 Å². The summed E-state index contributed by atoms with van der Waals surface area (Å²) in [6.07, 6.45) is 2.43. The summed E-state index contributed by atoms with van der Waals surface area (Å²) in [6.45, 7) is 6.51. The van der Waals surface area contributed by atoms with Gasteiger partial charge in [0.2, 0.25) is 5.91 Å². The van der Waals surface area contributed by atoms with Gasteiger partial charge in [-0.05, 0) is 48.4 Å². The molecule has 4 rings (SSSR count). The minimum absolute atomic E-state index is 0.0151. The van der Waals surface area contributed by atoms with Gasteiger partial charge in [-0.15, -0.1) is 0 Å². The van der Waals surface area contributed by atoms with Crippen LogP contribution in [0.1, 0.15) is 54.2 Å². The Labute approximate surface area is 173 Å². The standard InChI is InChI=1S/C25H30N2O2/c1-18(2)23-22-11-7-6-8-19(22)14-17-27(23)25(29)21-12-15-26(16-13-21)24(28)20-9-4-3-5-10-20/h3-11,18,21,23H,12-17H2,1-2H3. The molecule has 2 aromatic carbocycles. The number of carbonyl (C=O) groups excluding carboxylic acids is 2. The first-order valence-electron chi connectivity index (χ1n) is 10.8. The molecule has 1 saturated heterocycles. The van der Waals surface area contributed by atoms with Gasteiger partial charge in [-0.25, -0.2) is 0 Å². The number of hydrogen-bond acceptors (Lipinski definition) is 2. The highest BCUT2D eigenvalue weighted by atomic mass is 16.2. The smallest absolute Gasteiger partial charge is 0.253 e. The topological polar surface area (TPSA) is 40.6 Å². The Bertz CT molecular complexity index is 869. The van der Waals surface area contributed by atoms with Crippen LogP contribution < -0.4 is 0 Å². The molecule has 0 radical (unpaired) electrons. The average Bonchev–Trinajstić information content (AvgIpc) is 2.78. The molecular formula is C25H30N2O2. The van der Waals surface area contributed by atoms with Crippen LogP contribution in [0.25, 0.3) is 0 Å². The number of piperidine rings is 1. The lowest BCUT2D eigenvalue weighted by atomic mass is 9.84. The first-order chi connectivity index (χ1) is 14.1. The van der Waals surface area contributed by atoms with Crippen molar-refractivity contribution in [3.8, 4) is 0 Å². The fourth-order valence-electron chi connectivity index (χ4n) is 4.89. The highest BCUT2D eigenvalue weighted by Gasteiger charge is 2.37. The molecule has 1 atom stereocenters. The van der Waals surface area contributed by atoms with E-state index in [2.05, 4.69) is 43.0 Å². The molecule has 0 N–H and O–H groups in total. The molecule has 0 bridgehead atoms. The maximum Gasteiger partial charge on any atom is 0.253 e. The van der Waals surface area contributed by atoms with Crippen molar-refractivity contribution in [1.82, 2.24) is 9.80 Å². The molecule has 4 nitrogen and oxygen atoms in total. The molecule has 0 spiro atoms. The molecule has 0 aliphatic carbocycles. The number of hydrogen-bond donors (Lipinski definition) is 0. The Balaban J connectivity index is 1.44. The minimum atomic E-state index is 0.0151. The lowest BCUT2D eigenvalue weighted by Crippen LogP contribution is -2.48. The zero-order chi connectivity index (χ0) is 20.4. The molecule has 1 unspecified atom stereocenters. The highest BCUT2D eigenvalue weighted by molar-refractivity contribution is 5.94. The van der Waals surface area contributed by atoms with E-state index in [9.17, 15) is 9.59 Å². The molecule has 2 aromatic rings. The Morgan fingerprint density at radius 2 is 1.55 bits per heavy atom. The summed E-state index contributed by atoms with van der Waals surface area (Å²) in [4.78, 5) is 30.1. The number of fused-ring (bicyclic) bond motifs is 1. The zero-order valence-corrected chi connectivity index (χ0v) is 17.4. The molecule has 0 saturated carbocycles. The first kappa shape index (κ1) is 19.7. The minimum Gasteiger partial charge on any atom is -0.339 e. The van der Waals surface area contributed by atoms with Gasteiger partial charge in [-0.3, -0.25) is 9.59 Å². The summed E-state index contributed by atoms with van der Waals surface area (Å²) in [5.74, 6) is 0.731. The highest BCUT2D eigenvalue weighted by Crippen LogP contribution is 2.37.